The van der Waals surface area contributed by atoms with Gasteiger partial charge < -0.3 is 10.1 Å². The second kappa shape index (κ2) is 6.41. The first-order valence-corrected chi connectivity index (χ1v) is 7.81. The summed E-state index contributed by atoms with van der Waals surface area (Å²) in [5, 5.41) is 3.67. The summed E-state index contributed by atoms with van der Waals surface area (Å²) >= 11 is 5.92. The number of carbonyl (C=O) groups excluding carboxylic acids is 1. The number of amides is 1. The predicted octanol–water partition coefficient (Wildman–Crippen LogP) is 3.91. The average Bonchev–Trinajstić information content (AvgIpc) is 2.90. The SMILES string of the molecule is C[C@@H](Oc1cccc(Cl)c1)C(=O)N[C@H]1CCc2ccccc21. The van der Waals surface area contributed by atoms with Crippen LogP contribution in [0.1, 0.15) is 30.5 Å². The highest BCUT2D eigenvalue weighted by Crippen LogP contribution is 2.30. The number of benzene rings is 2. The van der Waals surface area contributed by atoms with E-state index in [9.17, 15) is 4.79 Å². The minimum Gasteiger partial charge on any atom is -0.481 e. The fourth-order valence-electron chi connectivity index (χ4n) is 2.79. The molecule has 0 aromatic heterocycles. The Morgan fingerprint density at radius 3 is 2.91 bits per heavy atom. The van der Waals surface area contributed by atoms with Crippen LogP contribution in [-0.4, -0.2) is 12.0 Å². The molecule has 1 N–H and O–H groups in total. The van der Waals surface area contributed by atoms with Crippen molar-refractivity contribution in [3.8, 4) is 5.75 Å². The number of ether oxygens (including phenoxy) is 1. The van der Waals surface area contributed by atoms with Gasteiger partial charge in [0.1, 0.15) is 5.75 Å². The van der Waals surface area contributed by atoms with Gasteiger partial charge in [-0.2, -0.15) is 0 Å². The molecule has 0 bridgehead atoms. The molecule has 2 aromatic carbocycles. The van der Waals surface area contributed by atoms with E-state index in [0.29, 0.717) is 10.8 Å². The molecule has 2 aromatic rings. The summed E-state index contributed by atoms with van der Waals surface area (Å²) in [5.74, 6) is 0.489. The molecule has 0 spiro atoms. The molecule has 2 atom stereocenters. The molecule has 22 heavy (non-hydrogen) atoms. The Morgan fingerprint density at radius 2 is 2.09 bits per heavy atom. The number of aryl methyl sites for hydroxylation is 1. The second-order valence-corrected chi connectivity index (χ2v) is 5.95. The fourth-order valence-corrected chi connectivity index (χ4v) is 2.97. The van der Waals surface area contributed by atoms with Gasteiger partial charge >= 0.3 is 0 Å². The number of rotatable bonds is 4. The van der Waals surface area contributed by atoms with Crippen LogP contribution in [0.3, 0.4) is 0 Å². The van der Waals surface area contributed by atoms with Gasteiger partial charge in [-0.05, 0) is 49.1 Å². The topological polar surface area (TPSA) is 38.3 Å². The van der Waals surface area contributed by atoms with Crippen molar-refractivity contribution in [3.05, 3.63) is 64.7 Å². The lowest BCUT2D eigenvalue weighted by molar-refractivity contribution is -0.128. The van der Waals surface area contributed by atoms with Crippen molar-refractivity contribution in [3.63, 3.8) is 0 Å². The molecule has 0 fully saturated rings. The van der Waals surface area contributed by atoms with Crippen molar-refractivity contribution in [2.45, 2.75) is 31.9 Å². The van der Waals surface area contributed by atoms with Crippen molar-refractivity contribution < 1.29 is 9.53 Å². The standard InChI is InChI=1S/C18H18ClNO2/c1-12(22-15-7-4-6-14(19)11-15)18(21)20-17-10-9-13-5-2-3-8-16(13)17/h2-8,11-12,17H,9-10H2,1H3,(H,20,21)/t12-,17+/m1/s1. The quantitative estimate of drug-likeness (QED) is 0.929. The Morgan fingerprint density at radius 1 is 1.27 bits per heavy atom. The summed E-state index contributed by atoms with van der Waals surface area (Å²) in [4.78, 5) is 12.3. The van der Waals surface area contributed by atoms with Gasteiger partial charge in [0.05, 0.1) is 6.04 Å². The zero-order chi connectivity index (χ0) is 15.5. The normalized spacial score (nSPS) is 17.6. The molecule has 0 radical (unpaired) electrons. The van der Waals surface area contributed by atoms with Crippen LogP contribution in [-0.2, 0) is 11.2 Å². The zero-order valence-corrected chi connectivity index (χ0v) is 13.1. The molecule has 0 aliphatic heterocycles. The highest BCUT2D eigenvalue weighted by molar-refractivity contribution is 6.30. The van der Waals surface area contributed by atoms with Crippen LogP contribution in [0.4, 0.5) is 0 Å². The monoisotopic (exact) mass is 315 g/mol. The van der Waals surface area contributed by atoms with Gasteiger partial charge in [0, 0.05) is 5.02 Å². The average molecular weight is 316 g/mol. The minimum absolute atomic E-state index is 0.0779. The van der Waals surface area contributed by atoms with E-state index in [-0.39, 0.29) is 11.9 Å². The number of halogens is 1. The summed E-state index contributed by atoms with van der Waals surface area (Å²) in [5.41, 5.74) is 2.53. The van der Waals surface area contributed by atoms with Gasteiger partial charge in [0.25, 0.3) is 5.91 Å². The number of hydrogen-bond acceptors (Lipinski definition) is 2. The van der Waals surface area contributed by atoms with Crippen LogP contribution >= 0.6 is 11.6 Å². The Bertz CT molecular complexity index is 686. The van der Waals surface area contributed by atoms with Crippen LogP contribution in [0, 0.1) is 0 Å². The van der Waals surface area contributed by atoms with E-state index < -0.39 is 6.10 Å². The number of hydrogen-bond donors (Lipinski definition) is 1. The van der Waals surface area contributed by atoms with Gasteiger partial charge in [0.15, 0.2) is 6.10 Å². The number of nitrogens with one attached hydrogen (secondary N) is 1. The summed E-state index contributed by atoms with van der Waals surface area (Å²) in [6.07, 6.45) is 1.38. The highest BCUT2D eigenvalue weighted by atomic mass is 35.5. The largest absolute Gasteiger partial charge is 0.481 e. The molecule has 1 amide bonds. The van der Waals surface area contributed by atoms with Crippen LogP contribution in [0.25, 0.3) is 0 Å². The van der Waals surface area contributed by atoms with E-state index in [2.05, 4.69) is 17.4 Å². The van der Waals surface area contributed by atoms with E-state index in [0.717, 1.165) is 12.8 Å². The van der Waals surface area contributed by atoms with E-state index in [1.807, 2.05) is 12.1 Å². The lowest BCUT2D eigenvalue weighted by Crippen LogP contribution is -2.38. The summed E-state index contributed by atoms with van der Waals surface area (Å²) in [6.45, 7) is 1.75. The molecule has 1 aliphatic carbocycles. The third kappa shape index (κ3) is 3.25. The van der Waals surface area contributed by atoms with Crippen molar-refractivity contribution in [1.29, 1.82) is 0 Å². The van der Waals surface area contributed by atoms with Crippen LogP contribution < -0.4 is 10.1 Å². The molecule has 0 saturated heterocycles. The van der Waals surface area contributed by atoms with Gasteiger partial charge in [0.2, 0.25) is 0 Å². The third-order valence-corrected chi connectivity index (χ3v) is 4.16. The summed E-state index contributed by atoms with van der Waals surface area (Å²) in [7, 11) is 0. The van der Waals surface area contributed by atoms with Crippen LogP contribution in [0.15, 0.2) is 48.5 Å². The Hall–Kier alpha value is -2.00. The minimum atomic E-state index is -0.564. The Balaban J connectivity index is 1.63. The number of carbonyl (C=O) groups is 1. The zero-order valence-electron chi connectivity index (χ0n) is 12.4. The molecule has 0 saturated carbocycles. The Labute approximate surface area is 135 Å². The lowest BCUT2D eigenvalue weighted by atomic mass is 10.1. The second-order valence-electron chi connectivity index (χ2n) is 5.52. The van der Waals surface area contributed by atoms with Crippen LogP contribution in [0.5, 0.6) is 5.75 Å². The molecule has 0 unspecified atom stereocenters. The fraction of sp³-hybridized carbons (Fsp3) is 0.278. The highest BCUT2D eigenvalue weighted by Gasteiger charge is 2.25. The van der Waals surface area contributed by atoms with Crippen LogP contribution in [0.2, 0.25) is 5.02 Å². The van der Waals surface area contributed by atoms with E-state index in [1.54, 1.807) is 31.2 Å². The summed E-state index contributed by atoms with van der Waals surface area (Å²) < 4.78 is 5.66. The van der Waals surface area contributed by atoms with Gasteiger partial charge in [-0.3, -0.25) is 4.79 Å². The first-order valence-electron chi connectivity index (χ1n) is 7.44. The van der Waals surface area contributed by atoms with Crippen molar-refractivity contribution in [2.75, 3.05) is 0 Å². The molecular formula is C18H18ClNO2. The van der Waals surface area contributed by atoms with Gasteiger partial charge in [-0.25, -0.2) is 0 Å². The van der Waals surface area contributed by atoms with Gasteiger partial charge in [-0.15, -0.1) is 0 Å². The van der Waals surface area contributed by atoms with E-state index >= 15 is 0 Å². The first-order chi connectivity index (χ1) is 10.6. The maximum absolute atomic E-state index is 12.3. The molecule has 3 nitrogen and oxygen atoms in total. The smallest absolute Gasteiger partial charge is 0.261 e. The van der Waals surface area contributed by atoms with E-state index in [1.165, 1.54) is 11.1 Å². The maximum Gasteiger partial charge on any atom is 0.261 e. The molecule has 3 rings (SSSR count). The van der Waals surface area contributed by atoms with E-state index in [4.69, 9.17) is 16.3 Å². The van der Waals surface area contributed by atoms with Crippen molar-refractivity contribution in [2.24, 2.45) is 0 Å². The molecule has 1 aliphatic rings. The molecule has 114 valence electrons. The Kier molecular flexibility index (Phi) is 4.34. The molecule has 0 heterocycles. The molecule has 4 heteroatoms. The number of fused-ring (bicyclic) bond motifs is 1. The van der Waals surface area contributed by atoms with Gasteiger partial charge in [-0.1, -0.05) is 41.9 Å². The van der Waals surface area contributed by atoms with Crippen molar-refractivity contribution in [1.82, 2.24) is 5.32 Å². The first kappa shape index (κ1) is 14.9. The third-order valence-electron chi connectivity index (χ3n) is 3.93. The lowest BCUT2D eigenvalue weighted by Gasteiger charge is -2.19. The predicted molar refractivity (Wildman–Crippen MR) is 87.2 cm³/mol. The summed E-state index contributed by atoms with van der Waals surface area (Å²) in [6, 6.07) is 15.4. The van der Waals surface area contributed by atoms with Crippen molar-refractivity contribution >= 4 is 17.5 Å². The maximum atomic E-state index is 12.3. The molecular weight excluding hydrogens is 298 g/mol.